The van der Waals surface area contributed by atoms with E-state index in [2.05, 4.69) is 20.0 Å². The number of Topliss-reactive ketones (excluding diaryl/α,β-unsaturated/α-hetero) is 1. The number of amides is 1. The summed E-state index contributed by atoms with van der Waals surface area (Å²) in [5.74, 6) is -1.74. The number of ether oxygens (including phenoxy) is 6. The van der Waals surface area contributed by atoms with Crippen LogP contribution in [0.3, 0.4) is 0 Å². The van der Waals surface area contributed by atoms with Crippen molar-refractivity contribution in [3.8, 4) is 5.75 Å². The molecule has 20 heteroatoms. The molecule has 1 heterocycles. The van der Waals surface area contributed by atoms with Crippen molar-refractivity contribution < 1.29 is 61.1 Å². The molecule has 362 valence electrons. The lowest BCUT2D eigenvalue weighted by Gasteiger charge is -2.19. The number of ketones is 1. The minimum absolute atomic E-state index is 0.0659. The second-order valence-corrected chi connectivity index (χ2v) is 18.5. The summed E-state index contributed by atoms with van der Waals surface area (Å²) in [4.78, 5) is 54.1. The zero-order valence-corrected chi connectivity index (χ0v) is 39.9. The summed E-state index contributed by atoms with van der Waals surface area (Å²) in [6.07, 6.45) is 18.2. The molecule has 1 aromatic carbocycles. The lowest BCUT2D eigenvalue weighted by atomic mass is 10.0. The smallest absolute Gasteiger partial charge is 0.329 e. The standard InChI is InChI=1S/C44H68Cl2N4O13S/c1-44(2,3)63-41(54)19-15-13-11-9-7-5-4-6-8-10-12-14-16-22-62-38-28-37(46)39(29-36(38)45)64(56,57)50-43-48-30-34(31-49-43)42(55)47-20-23-59-25-26-60-32-35(51)18-17-21-58-24-27-61-33-40(52)53/h28-31H,4-27,32-33H2,1-3H3,(H,47,55)(H,52,53)(H,48,49,50). The van der Waals surface area contributed by atoms with Crippen LogP contribution in [-0.4, -0.2) is 119 Å². The van der Waals surface area contributed by atoms with Crippen molar-refractivity contribution in [2.24, 2.45) is 0 Å². The number of carbonyl (C=O) groups excluding carboxylic acids is 3. The number of nitrogens with one attached hydrogen (secondary N) is 2. The molecule has 64 heavy (non-hydrogen) atoms. The van der Waals surface area contributed by atoms with Crippen LogP contribution in [0.5, 0.6) is 5.75 Å². The average molecular weight is 964 g/mol. The van der Waals surface area contributed by atoms with E-state index in [-0.39, 0.29) is 103 Å². The maximum atomic E-state index is 13.1. The number of esters is 1. The first-order valence-corrected chi connectivity index (χ1v) is 24.3. The normalized spacial score (nSPS) is 11.6. The Balaban J connectivity index is 1.54. The van der Waals surface area contributed by atoms with Crippen molar-refractivity contribution in [2.45, 2.75) is 134 Å². The molecule has 0 aliphatic carbocycles. The largest absolute Gasteiger partial charge is 0.492 e. The third-order valence-corrected chi connectivity index (χ3v) is 11.2. The van der Waals surface area contributed by atoms with E-state index < -0.39 is 27.5 Å². The zero-order chi connectivity index (χ0) is 47.1. The number of carboxylic acids is 1. The number of benzene rings is 1. The molecule has 0 saturated carbocycles. The first-order chi connectivity index (χ1) is 30.6. The summed E-state index contributed by atoms with van der Waals surface area (Å²) in [6, 6.07) is 2.57. The molecule has 1 amide bonds. The first-order valence-electron chi connectivity index (χ1n) is 22.1. The van der Waals surface area contributed by atoms with E-state index >= 15 is 0 Å². The Morgan fingerprint density at radius 3 is 1.80 bits per heavy atom. The van der Waals surface area contributed by atoms with Gasteiger partial charge in [0.15, 0.2) is 5.78 Å². The van der Waals surface area contributed by atoms with Gasteiger partial charge >= 0.3 is 11.9 Å². The van der Waals surface area contributed by atoms with Crippen LogP contribution in [0.25, 0.3) is 0 Å². The molecular weight excluding hydrogens is 895 g/mol. The molecular formula is C44H68Cl2N4O13S. The Hall–Kier alpha value is -3.65. The number of hydrogen-bond donors (Lipinski definition) is 3. The van der Waals surface area contributed by atoms with E-state index in [9.17, 15) is 27.6 Å². The number of unbranched alkanes of at least 4 members (excludes halogenated alkanes) is 12. The summed E-state index contributed by atoms with van der Waals surface area (Å²) >= 11 is 12.7. The fourth-order valence-corrected chi connectivity index (χ4v) is 7.74. The number of halogens is 2. The van der Waals surface area contributed by atoms with Gasteiger partial charge in [0.2, 0.25) is 5.95 Å². The molecule has 0 aliphatic heterocycles. The van der Waals surface area contributed by atoms with E-state index in [1.165, 1.54) is 63.1 Å². The van der Waals surface area contributed by atoms with Crippen LogP contribution in [0.1, 0.15) is 134 Å². The number of anilines is 1. The van der Waals surface area contributed by atoms with Gasteiger partial charge in [-0.15, -0.1) is 0 Å². The maximum Gasteiger partial charge on any atom is 0.329 e. The molecule has 1 aromatic heterocycles. The summed E-state index contributed by atoms with van der Waals surface area (Å²) in [6.45, 7) is 7.12. The lowest BCUT2D eigenvalue weighted by molar-refractivity contribution is -0.155. The molecule has 0 saturated heterocycles. The van der Waals surface area contributed by atoms with E-state index in [0.29, 0.717) is 26.1 Å². The monoisotopic (exact) mass is 962 g/mol. The molecule has 0 bridgehead atoms. The summed E-state index contributed by atoms with van der Waals surface area (Å²) in [7, 11) is -4.25. The molecule has 0 fully saturated rings. The predicted molar refractivity (Wildman–Crippen MR) is 243 cm³/mol. The Kier molecular flexibility index (Phi) is 29.0. The molecule has 0 atom stereocenters. The highest BCUT2D eigenvalue weighted by Crippen LogP contribution is 2.34. The van der Waals surface area contributed by atoms with Gasteiger partial charge in [-0.25, -0.2) is 27.9 Å². The van der Waals surface area contributed by atoms with Crippen LogP contribution in [0.15, 0.2) is 29.4 Å². The van der Waals surface area contributed by atoms with E-state index in [4.69, 9.17) is 56.7 Å². The minimum atomic E-state index is -4.25. The van der Waals surface area contributed by atoms with Crippen LogP contribution in [0.2, 0.25) is 10.0 Å². The summed E-state index contributed by atoms with van der Waals surface area (Å²) in [5.41, 5.74) is -0.323. The minimum Gasteiger partial charge on any atom is -0.492 e. The summed E-state index contributed by atoms with van der Waals surface area (Å²) in [5, 5.41) is 11.1. The maximum absolute atomic E-state index is 13.1. The molecule has 0 unspecified atom stereocenters. The number of sulfonamides is 1. The molecule has 3 N–H and O–H groups in total. The molecule has 2 rings (SSSR count). The van der Waals surface area contributed by atoms with Crippen LogP contribution >= 0.6 is 23.2 Å². The number of rotatable bonds is 38. The quantitative estimate of drug-likeness (QED) is 0.0428. The van der Waals surface area contributed by atoms with Gasteiger partial charge < -0.3 is 38.8 Å². The molecule has 0 radical (unpaired) electrons. The van der Waals surface area contributed by atoms with Crippen LogP contribution in [0.4, 0.5) is 5.95 Å². The van der Waals surface area contributed by atoms with E-state index in [0.717, 1.165) is 44.9 Å². The van der Waals surface area contributed by atoms with Gasteiger partial charge in [0.05, 0.1) is 55.3 Å². The van der Waals surface area contributed by atoms with Gasteiger partial charge in [-0.3, -0.25) is 14.4 Å². The van der Waals surface area contributed by atoms with Crippen molar-refractivity contribution in [3.05, 3.63) is 40.1 Å². The highest BCUT2D eigenvalue weighted by Gasteiger charge is 2.23. The molecule has 17 nitrogen and oxygen atoms in total. The number of aliphatic carboxylic acids is 1. The second kappa shape index (κ2) is 32.9. The van der Waals surface area contributed by atoms with Crippen molar-refractivity contribution in [3.63, 3.8) is 0 Å². The Labute approximate surface area is 388 Å². The van der Waals surface area contributed by atoms with Gasteiger partial charge in [-0.1, -0.05) is 93.8 Å². The summed E-state index contributed by atoms with van der Waals surface area (Å²) < 4.78 is 60.5. The highest BCUT2D eigenvalue weighted by molar-refractivity contribution is 7.92. The number of aromatic nitrogens is 2. The topological polar surface area (TPSA) is 228 Å². The molecule has 0 spiro atoms. The fourth-order valence-electron chi connectivity index (χ4n) is 5.96. The lowest BCUT2D eigenvalue weighted by Crippen LogP contribution is -2.28. The van der Waals surface area contributed by atoms with Gasteiger partial charge in [-0.05, 0) is 46.1 Å². The zero-order valence-electron chi connectivity index (χ0n) is 37.6. The molecule has 2 aromatic rings. The van der Waals surface area contributed by atoms with Crippen molar-refractivity contribution >= 4 is 62.8 Å². The number of hydrogen-bond acceptors (Lipinski definition) is 14. The van der Waals surface area contributed by atoms with E-state index in [1.807, 2.05) is 20.8 Å². The third-order valence-electron chi connectivity index (χ3n) is 9.13. The van der Waals surface area contributed by atoms with Crippen LogP contribution in [-0.2, 0) is 48.1 Å². The van der Waals surface area contributed by atoms with E-state index in [1.54, 1.807) is 0 Å². The van der Waals surface area contributed by atoms with Crippen molar-refractivity contribution in [1.82, 2.24) is 15.3 Å². The Morgan fingerprint density at radius 2 is 1.20 bits per heavy atom. The molecule has 0 aliphatic rings. The number of carboxylic acid groups (broad SMARTS) is 1. The Bertz CT molecular complexity index is 1780. The van der Waals surface area contributed by atoms with Gasteiger partial charge in [0, 0.05) is 44.5 Å². The number of nitrogens with zero attached hydrogens (tertiary/aromatic N) is 2. The fraction of sp³-hybridized carbons (Fsp3) is 0.682. The second-order valence-electron chi connectivity index (χ2n) is 16.0. The van der Waals surface area contributed by atoms with Gasteiger partial charge in [0.1, 0.15) is 29.5 Å². The SMILES string of the molecule is CC(C)(C)OC(=O)CCCCCCCCCCCCCCCOc1cc(Cl)c(S(=O)(=O)Nc2ncc(C(=O)NCCOCCOCC(=O)CCCOCCOCC(=O)O)cn2)cc1Cl. The van der Waals surface area contributed by atoms with Crippen molar-refractivity contribution in [2.75, 3.05) is 70.7 Å². The van der Waals surface area contributed by atoms with Crippen molar-refractivity contribution in [1.29, 1.82) is 0 Å². The van der Waals surface area contributed by atoms with Crippen LogP contribution in [0, 0.1) is 0 Å². The highest BCUT2D eigenvalue weighted by atomic mass is 35.5. The average Bonchev–Trinajstić information content (AvgIpc) is 3.22. The number of carbonyl (C=O) groups is 4. The van der Waals surface area contributed by atoms with Crippen LogP contribution < -0.4 is 14.8 Å². The first kappa shape index (κ1) is 56.5. The van der Waals surface area contributed by atoms with Gasteiger partial charge in [0.25, 0.3) is 15.9 Å². The Morgan fingerprint density at radius 1 is 0.656 bits per heavy atom. The predicted octanol–water partition coefficient (Wildman–Crippen LogP) is 8.00. The third kappa shape index (κ3) is 27.6. The van der Waals surface area contributed by atoms with Gasteiger partial charge in [-0.2, -0.15) is 0 Å².